The highest BCUT2D eigenvalue weighted by atomic mass is 15.3. The molecule has 2 aromatic heterocycles. The fourth-order valence-corrected chi connectivity index (χ4v) is 3.28. The van der Waals surface area contributed by atoms with Crippen LogP contribution in [0.2, 0.25) is 0 Å². The number of nitrogens with one attached hydrogen (secondary N) is 2. The minimum Gasteiger partial charge on any atom is -0.385 e. The van der Waals surface area contributed by atoms with Crippen molar-refractivity contribution in [3.05, 3.63) is 42.4 Å². The Kier molecular flexibility index (Phi) is 4.47. The molecule has 1 saturated heterocycles. The van der Waals surface area contributed by atoms with E-state index in [9.17, 15) is 0 Å². The van der Waals surface area contributed by atoms with Gasteiger partial charge < -0.3 is 15.5 Å². The first-order valence-corrected chi connectivity index (χ1v) is 8.80. The van der Waals surface area contributed by atoms with Crippen LogP contribution in [-0.4, -0.2) is 52.5 Å². The highest BCUT2D eigenvalue weighted by Crippen LogP contribution is 2.23. The van der Waals surface area contributed by atoms with Crippen molar-refractivity contribution in [3.63, 3.8) is 0 Å². The summed E-state index contributed by atoms with van der Waals surface area (Å²) >= 11 is 0. The van der Waals surface area contributed by atoms with Gasteiger partial charge in [0.2, 0.25) is 0 Å². The van der Waals surface area contributed by atoms with Crippen LogP contribution >= 0.6 is 0 Å². The van der Waals surface area contributed by atoms with E-state index >= 15 is 0 Å². The summed E-state index contributed by atoms with van der Waals surface area (Å²) < 4.78 is 1.95. The van der Waals surface area contributed by atoms with Crippen molar-refractivity contribution in [2.24, 2.45) is 0 Å². The minimum atomic E-state index is 0.695. The van der Waals surface area contributed by atoms with Gasteiger partial charge in [-0.3, -0.25) is 0 Å². The fraction of sp³-hybridized carbons (Fsp3) is 0.389. The summed E-state index contributed by atoms with van der Waals surface area (Å²) in [5, 5.41) is 12.3. The van der Waals surface area contributed by atoms with Gasteiger partial charge in [0.1, 0.15) is 12.1 Å². The van der Waals surface area contributed by atoms with Crippen molar-refractivity contribution >= 4 is 22.5 Å². The van der Waals surface area contributed by atoms with Crippen LogP contribution in [0.3, 0.4) is 0 Å². The number of fused-ring (bicyclic) bond motifs is 1. The largest absolute Gasteiger partial charge is 0.385 e. The lowest BCUT2D eigenvalue weighted by atomic mass is 10.2. The normalized spacial score (nSPS) is 14.8. The second kappa shape index (κ2) is 7.06. The molecule has 0 spiro atoms. The van der Waals surface area contributed by atoms with E-state index in [1.807, 2.05) is 10.9 Å². The van der Waals surface area contributed by atoms with Crippen LogP contribution in [0.1, 0.15) is 12.5 Å². The maximum absolute atomic E-state index is 4.57. The molecule has 0 aliphatic carbocycles. The van der Waals surface area contributed by atoms with Gasteiger partial charge in [0.15, 0.2) is 5.65 Å². The van der Waals surface area contributed by atoms with Crippen molar-refractivity contribution in [3.8, 4) is 0 Å². The molecular weight excluding hydrogens is 314 g/mol. The molecule has 0 unspecified atom stereocenters. The maximum atomic E-state index is 4.57. The first kappa shape index (κ1) is 15.8. The molecule has 0 radical (unpaired) electrons. The van der Waals surface area contributed by atoms with Crippen molar-refractivity contribution in [1.82, 2.24) is 25.1 Å². The van der Waals surface area contributed by atoms with Gasteiger partial charge in [-0.25, -0.2) is 14.6 Å². The lowest BCUT2D eigenvalue weighted by Gasteiger charge is -2.28. The standard InChI is InChI=1S/C18H23N7/c1-2-20-15-5-3-4-14(10-15)12-25-18-16(11-23-25)17(21-13-22-18)24-8-6-19-7-9-24/h3-5,10-11,13,19-20H,2,6-9,12H2,1H3. The fourth-order valence-electron chi connectivity index (χ4n) is 3.28. The van der Waals surface area contributed by atoms with Crippen LogP contribution in [0.4, 0.5) is 11.5 Å². The average molecular weight is 337 g/mol. The molecule has 1 fully saturated rings. The van der Waals surface area contributed by atoms with Gasteiger partial charge in [0.05, 0.1) is 18.1 Å². The Morgan fingerprint density at radius 2 is 2.08 bits per heavy atom. The summed E-state index contributed by atoms with van der Waals surface area (Å²) in [5.74, 6) is 0.985. The summed E-state index contributed by atoms with van der Waals surface area (Å²) in [6, 6.07) is 8.43. The Hall–Kier alpha value is -2.67. The van der Waals surface area contributed by atoms with Crippen molar-refractivity contribution < 1.29 is 0 Å². The van der Waals surface area contributed by atoms with E-state index < -0.39 is 0 Å². The van der Waals surface area contributed by atoms with Gasteiger partial charge in [-0.15, -0.1) is 0 Å². The zero-order chi connectivity index (χ0) is 17.1. The lowest BCUT2D eigenvalue weighted by molar-refractivity contribution is 0.586. The zero-order valence-corrected chi connectivity index (χ0v) is 14.4. The second-order valence-electron chi connectivity index (χ2n) is 6.20. The number of nitrogens with zero attached hydrogens (tertiary/aromatic N) is 5. The monoisotopic (exact) mass is 337 g/mol. The smallest absolute Gasteiger partial charge is 0.163 e. The number of piperazine rings is 1. The van der Waals surface area contributed by atoms with Gasteiger partial charge in [-0.05, 0) is 24.6 Å². The Bertz CT molecular complexity index is 852. The van der Waals surface area contributed by atoms with Gasteiger partial charge in [0.25, 0.3) is 0 Å². The molecule has 7 heteroatoms. The summed E-state index contributed by atoms with van der Waals surface area (Å²) in [6.45, 7) is 7.59. The van der Waals surface area contributed by atoms with Crippen LogP contribution in [0.25, 0.3) is 11.0 Å². The first-order chi connectivity index (χ1) is 12.3. The highest BCUT2D eigenvalue weighted by molar-refractivity contribution is 5.86. The van der Waals surface area contributed by atoms with Gasteiger partial charge >= 0.3 is 0 Å². The van der Waals surface area contributed by atoms with E-state index in [4.69, 9.17) is 0 Å². The van der Waals surface area contributed by atoms with Crippen molar-refractivity contribution in [1.29, 1.82) is 0 Å². The third-order valence-corrected chi connectivity index (χ3v) is 4.47. The SMILES string of the molecule is CCNc1cccc(Cn2ncc3c(N4CCNCC4)ncnc32)c1. The summed E-state index contributed by atoms with van der Waals surface area (Å²) in [5.41, 5.74) is 3.22. The molecule has 4 rings (SSSR count). The Morgan fingerprint density at radius 3 is 2.92 bits per heavy atom. The molecule has 1 aromatic carbocycles. The highest BCUT2D eigenvalue weighted by Gasteiger charge is 2.17. The van der Waals surface area contributed by atoms with E-state index in [1.54, 1.807) is 6.33 Å². The molecule has 130 valence electrons. The number of hydrogen-bond acceptors (Lipinski definition) is 6. The molecular formula is C18H23N7. The molecule has 0 atom stereocenters. The van der Waals surface area contributed by atoms with Crippen LogP contribution in [0.15, 0.2) is 36.8 Å². The molecule has 3 heterocycles. The van der Waals surface area contributed by atoms with Crippen LogP contribution in [0, 0.1) is 0 Å². The van der Waals surface area contributed by atoms with Crippen molar-refractivity contribution in [2.45, 2.75) is 13.5 Å². The van der Waals surface area contributed by atoms with Crippen molar-refractivity contribution in [2.75, 3.05) is 42.9 Å². The summed E-state index contributed by atoms with van der Waals surface area (Å²) in [7, 11) is 0. The Balaban J connectivity index is 1.64. The lowest BCUT2D eigenvalue weighted by Crippen LogP contribution is -2.44. The third-order valence-electron chi connectivity index (χ3n) is 4.47. The first-order valence-electron chi connectivity index (χ1n) is 8.80. The van der Waals surface area contributed by atoms with Crippen LogP contribution in [0.5, 0.6) is 0 Å². The number of benzene rings is 1. The summed E-state index contributed by atoms with van der Waals surface area (Å²) in [4.78, 5) is 11.3. The molecule has 1 aliphatic heterocycles. The van der Waals surface area contributed by atoms with Gasteiger partial charge in [0, 0.05) is 38.4 Å². The third kappa shape index (κ3) is 3.28. The van der Waals surface area contributed by atoms with Gasteiger partial charge in [-0.2, -0.15) is 5.10 Å². The topological polar surface area (TPSA) is 70.9 Å². The molecule has 1 aliphatic rings. The Morgan fingerprint density at radius 1 is 1.20 bits per heavy atom. The number of anilines is 2. The predicted octanol–water partition coefficient (Wildman–Crippen LogP) is 1.72. The van der Waals surface area contributed by atoms with E-state index in [0.29, 0.717) is 6.54 Å². The van der Waals surface area contributed by atoms with E-state index in [2.05, 4.69) is 61.8 Å². The number of aromatic nitrogens is 4. The predicted molar refractivity (Wildman–Crippen MR) is 100 cm³/mol. The average Bonchev–Trinajstić information content (AvgIpc) is 3.06. The maximum Gasteiger partial charge on any atom is 0.163 e. The Labute approximate surface area is 147 Å². The molecule has 0 amide bonds. The molecule has 7 nitrogen and oxygen atoms in total. The van der Waals surface area contributed by atoms with E-state index in [-0.39, 0.29) is 0 Å². The van der Waals surface area contributed by atoms with E-state index in [0.717, 1.165) is 55.3 Å². The van der Waals surface area contributed by atoms with Gasteiger partial charge in [-0.1, -0.05) is 12.1 Å². The molecule has 25 heavy (non-hydrogen) atoms. The minimum absolute atomic E-state index is 0.695. The number of rotatable bonds is 5. The second-order valence-corrected chi connectivity index (χ2v) is 6.20. The van der Waals surface area contributed by atoms with E-state index in [1.165, 1.54) is 5.56 Å². The number of hydrogen-bond donors (Lipinski definition) is 2. The molecule has 3 aromatic rings. The zero-order valence-electron chi connectivity index (χ0n) is 14.4. The molecule has 2 N–H and O–H groups in total. The van der Waals surface area contributed by atoms with Crippen LogP contribution in [-0.2, 0) is 6.54 Å². The molecule has 0 saturated carbocycles. The summed E-state index contributed by atoms with van der Waals surface area (Å²) in [6.07, 6.45) is 3.54. The molecule has 0 bridgehead atoms. The quantitative estimate of drug-likeness (QED) is 0.739. The van der Waals surface area contributed by atoms with Crippen LogP contribution < -0.4 is 15.5 Å².